The van der Waals surface area contributed by atoms with Gasteiger partial charge in [0.15, 0.2) is 0 Å². The van der Waals surface area contributed by atoms with Crippen molar-refractivity contribution in [1.82, 2.24) is 20.3 Å². The molecule has 1 saturated heterocycles. The molecule has 0 saturated carbocycles. The van der Waals surface area contributed by atoms with Crippen molar-refractivity contribution in [2.45, 2.75) is 31.8 Å². The highest BCUT2D eigenvalue weighted by atomic mass is 16.5. The summed E-state index contributed by atoms with van der Waals surface area (Å²) in [4.78, 5) is 0. The van der Waals surface area contributed by atoms with Gasteiger partial charge in [-0.1, -0.05) is 5.21 Å². The Kier molecular flexibility index (Phi) is 2.42. The van der Waals surface area contributed by atoms with E-state index in [0.29, 0.717) is 6.04 Å². The van der Waals surface area contributed by atoms with Gasteiger partial charge in [-0.3, -0.25) is 0 Å². The van der Waals surface area contributed by atoms with E-state index in [1.807, 2.05) is 0 Å². The second-order valence-corrected chi connectivity index (χ2v) is 4.20. The molecule has 1 aromatic rings. The van der Waals surface area contributed by atoms with Gasteiger partial charge in [0.25, 0.3) is 0 Å². The number of rotatable bonds is 1. The fraction of sp³-hybridized carbons (Fsp3) is 0.800. The van der Waals surface area contributed by atoms with Crippen molar-refractivity contribution < 1.29 is 4.74 Å². The summed E-state index contributed by atoms with van der Waals surface area (Å²) < 4.78 is 7.51. The highest BCUT2D eigenvalue weighted by Crippen LogP contribution is 2.23. The zero-order valence-corrected chi connectivity index (χ0v) is 8.78. The first-order valence-corrected chi connectivity index (χ1v) is 5.66. The van der Waals surface area contributed by atoms with Gasteiger partial charge in [-0.25, -0.2) is 4.68 Å². The Labute approximate surface area is 88.8 Å². The largest absolute Gasteiger partial charge is 0.381 e. The van der Waals surface area contributed by atoms with Crippen LogP contribution in [0.25, 0.3) is 0 Å². The van der Waals surface area contributed by atoms with Crippen LogP contribution in [0.1, 0.15) is 30.3 Å². The van der Waals surface area contributed by atoms with Crippen molar-refractivity contribution in [3.05, 3.63) is 11.4 Å². The fourth-order valence-electron chi connectivity index (χ4n) is 2.38. The van der Waals surface area contributed by atoms with Gasteiger partial charge in [0.05, 0.1) is 17.4 Å². The van der Waals surface area contributed by atoms with Gasteiger partial charge in [-0.15, -0.1) is 5.10 Å². The Morgan fingerprint density at radius 2 is 2.20 bits per heavy atom. The SMILES string of the molecule is C1Cc2c(nnn2C2CCOCC2)CN1. The number of hydrogen-bond donors (Lipinski definition) is 1. The molecule has 2 aliphatic heterocycles. The Morgan fingerprint density at radius 1 is 1.33 bits per heavy atom. The molecule has 1 N–H and O–H groups in total. The number of fused-ring (bicyclic) bond motifs is 1. The van der Waals surface area contributed by atoms with Gasteiger partial charge in [-0.2, -0.15) is 0 Å². The van der Waals surface area contributed by atoms with Crippen molar-refractivity contribution in [3.63, 3.8) is 0 Å². The van der Waals surface area contributed by atoms with E-state index in [9.17, 15) is 0 Å². The van der Waals surface area contributed by atoms with Crippen LogP contribution >= 0.6 is 0 Å². The molecular formula is C10H16N4O. The molecule has 2 aliphatic rings. The first-order chi connectivity index (χ1) is 7.45. The molecule has 0 aromatic carbocycles. The van der Waals surface area contributed by atoms with E-state index in [-0.39, 0.29) is 0 Å². The van der Waals surface area contributed by atoms with E-state index >= 15 is 0 Å². The monoisotopic (exact) mass is 208 g/mol. The second-order valence-electron chi connectivity index (χ2n) is 4.20. The number of aromatic nitrogens is 3. The minimum atomic E-state index is 0.507. The molecule has 1 aromatic heterocycles. The summed E-state index contributed by atoms with van der Waals surface area (Å²) in [7, 11) is 0. The summed E-state index contributed by atoms with van der Waals surface area (Å²) in [5, 5.41) is 11.9. The van der Waals surface area contributed by atoms with E-state index in [2.05, 4.69) is 20.3 Å². The molecule has 0 aliphatic carbocycles. The zero-order valence-electron chi connectivity index (χ0n) is 8.78. The summed E-state index contributed by atoms with van der Waals surface area (Å²) in [6.07, 6.45) is 3.20. The van der Waals surface area contributed by atoms with Crippen molar-refractivity contribution >= 4 is 0 Å². The third kappa shape index (κ3) is 1.66. The molecule has 3 rings (SSSR count). The molecule has 0 spiro atoms. The average molecular weight is 208 g/mol. The summed E-state index contributed by atoms with van der Waals surface area (Å²) in [6, 6.07) is 0.507. The minimum absolute atomic E-state index is 0.507. The van der Waals surface area contributed by atoms with Gasteiger partial charge in [0.1, 0.15) is 0 Å². The van der Waals surface area contributed by atoms with Crippen LogP contribution in [0.2, 0.25) is 0 Å². The Morgan fingerprint density at radius 3 is 3.07 bits per heavy atom. The molecule has 5 nitrogen and oxygen atoms in total. The predicted octanol–water partition coefficient (Wildman–Crippen LogP) is 0.275. The lowest BCUT2D eigenvalue weighted by atomic mass is 10.1. The molecule has 5 heteroatoms. The van der Waals surface area contributed by atoms with Crippen LogP contribution in [0.4, 0.5) is 0 Å². The van der Waals surface area contributed by atoms with Crippen LogP contribution in [0.15, 0.2) is 0 Å². The number of nitrogens with one attached hydrogen (secondary N) is 1. The Hall–Kier alpha value is -0.940. The second kappa shape index (κ2) is 3.90. The van der Waals surface area contributed by atoms with Crippen LogP contribution < -0.4 is 5.32 Å². The smallest absolute Gasteiger partial charge is 0.0997 e. The van der Waals surface area contributed by atoms with E-state index in [0.717, 1.165) is 51.3 Å². The Bertz CT molecular complexity index is 343. The summed E-state index contributed by atoms with van der Waals surface area (Å²) in [5.41, 5.74) is 2.47. The summed E-state index contributed by atoms with van der Waals surface area (Å²) in [5.74, 6) is 0. The van der Waals surface area contributed by atoms with Gasteiger partial charge in [-0.05, 0) is 12.8 Å². The average Bonchev–Trinajstić information content (AvgIpc) is 2.74. The standard InChI is InChI=1S/C10H16N4O/c1-4-11-7-9-10(1)14(13-12-9)8-2-5-15-6-3-8/h8,11H,1-7H2. The number of nitrogens with zero attached hydrogens (tertiary/aromatic N) is 3. The fourth-order valence-corrected chi connectivity index (χ4v) is 2.38. The van der Waals surface area contributed by atoms with E-state index < -0.39 is 0 Å². The summed E-state index contributed by atoms with van der Waals surface area (Å²) in [6.45, 7) is 3.64. The maximum absolute atomic E-state index is 5.37. The van der Waals surface area contributed by atoms with Crippen molar-refractivity contribution in [1.29, 1.82) is 0 Å². The topological polar surface area (TPSA) is 52.0 Å². The van der Waals surface area contributed by atoms with Gasteiger partial charge in [0.2, 0.25) is 0 Å². The highest BCUT2D eigenvalue weighted by Gasteiger charge is 2.23. The minimum Gasteiger partial charge on any atom is -0.381 e. The normalized spacial score (nSPS) is 22.7. The first-order valence-electron chi connectivity index (χ1n) is 5.66. The van der Waals surface area contributed by atoms with Crippen LogP contribution in [0, 0.1) is 0 Å². The lowest BCUT2D eigenvalue weighted by molar-refractivity contribution is 0.0648. The van der Waals surface area contributed by atoms with Crippen molar-refractivity contribution in [2.75, 3.05) is 19.8 Å². The molecule has 0 bridgehead atoms. The third-order valence-corrected chi connectivity index (χ3v) is 3.24. The highest BCUT2D eigenvalue weighted by molar-refractivity contribution is 5.14. The molecule has 15 heavy (non-hydrogen) atoms. The first kappa shape index (κ1) is 9.30. The van der Waals surface area contributed by atoms with Gasteiger partial charge >= 0.3 is 0 Å². The predicted molar refractivity (Wildman–Crippen MR) is 54.5 cm³/mol. The van der Waals surface area contributed by atoms with E-state index in [1.165, 1.54) is 5.69 Å². The quantitative estimate of drug-likeness (QED) is 0.720. The van der Waals surface area contributed by atoms with Crippen molar-refractivity contribution in [3.8, 4) is 0 Å². The molecule has 0 unspecified atom stereocenters. The Balaban J connectivity index is 1.87. The van der Waals surface area contributed by atoms with Gasteiger partial charge in [0, 0.05) is 32.7 Å². The molecule has 82 valence electrons. The van der Waals surface area contributed by atoms with E-state index in [1.54, 1.807) is 0 Å². The van der Waals surface area contributed by atoms with Crippen LogP contribution in [0.3, 0.4) is 0 Å². The number of hydrogen-bond acceptors (Lipinski definition) is 4. The van der Waals surface area contributed by atoms with Crippen LogP contribution in [-0.2, 0) is 17.7 Å². The molecular weight excluding hydrogens is 192 g/mol. The number of ether oxygens (including phenoxy) is 1. The van der Waals surface area contributed by atoms with Crippen LogP contribution in [0.5, 0.6) is 0 Å². The molecule has 0 atom stereocenters. The third-order valence-electron chi connectivity index (χ3n) is 3.24. The van der Waals surface area contributed by atoms with E-state index in [4.69, 9.17) is 4.74 Å². The van der Waals surface area contributed by atoms with Crippen LogP contribution in [-0.4, -0.2) is 34.8 Å². The maximum Gasteiger partial charge on any atom is 0.0997 e. The molecule has 0 amide bonds. The van der Waals surface area contributed by atoms with Gasteiger partial charge < -0.3 is 10.1 Å². The lowest BCUT2D eigenvalue weighted by Gasteiger charge is -2.24. The zero-order chi connectivity index (χ0) is 10.1. The molecule has 0 radical (unpaired) electrons. The van der Waals surface area contributed by atoms with Crippen molar-refractivity contribution in [2.24, 2.45) is 0 Å². The summed E-state index contributed by atoms with van der Waals surface area (Å²) >= 11 is 0. The molecule has 1 fully saturated rings. The maximum atomic E-state index is 5.37. The molecule has 3 heterocycles. The lowest BCUT2D eigenvalue weighted by Crippen LogP contribution is -2.28.